The number of ether oxygens (including phenoxy) is 1. The lowest BCUT2D eigenvalue weighted by atomic mass is 9.59. The SMILES string of the molecule is CCN1C(=O)[C@H]2[C@H](CC=C3[C@H](c4cc(OC)c(O)c(Br)c4Br)C4=C(C[C@H]32)C(=O)C(Br)=CC4=O)C1=O. The first-order valence-electron chi connectivity index (χ1n) is 11.1. The molecule has 0 spiro atoms. The molecule has 4 aliphatic rings. The summed E-state index contributed by atoms with van der Waals surface area (Å²) in [5.41, 5.74) is 2.15. The molecule has 0 saturated carbocycles. The number of benzene rings is 1. The van der Waals surface area contributed by atoms with Gasteiger partial charge in [0.15, 0.2) is 23.1 Å². The number of fused-ring (bicyclic) bond motifs is 3. The van der Waals surface area contributed by atoms with Crippen LogP contribution < -0.4 is 4.74 Å². The number of aromatic hydroxyl groups is 1. The number of Topliss-reactive ketones (excluding diaryl/α,β-unsaturated/α-hetero) is 1. The van der Waals surface area contributed by atoms with Crippen LogP contribution in [0.3, 0.4) is 0 Å². The lowest BCUT2D eigenvalue weighted by Crippen LogP contribution is -2.39. The topological polar surface area (TPSA) is 101 Å². The van der Waals surface area contributed by atoms with Crippen molar-refractivity contribution in [3.05, 3.63) is 53.9 Å². The molecule has 3 aliphatic carbocycles. The number of phenols is 1. The van der Waals surface area contributed by atoms with Gasteiger partial charge in [-0.2, -0.15) is 0 Å². The molecule has 1 aromatic rings. The Balaban J connectivity index is 1.76. The van der Waals surface area contributed by atoms with E-state index >= 15 is 0 Å². The van der Waals surface area contributed by atoms with Crippen molar-refractivity contribution in [1.29, 1.82) is 0 Å². The fourth-order valence-corrected chi connectivity index (χ4v) is 7.32. The molecule has 35 heavy (non-hydrogen) atoms. The standard InChI is InChI=1S/C25H20Br3NO6/c1-3-29-24(33)10-5-4-9-11(18(10)25(29)34)6-13-19(15(30)8-14(26)22(13)31)17(9)12-7-16(35-2)23(32)21(28)20(12)27/h4,7-8,10-11,17-18,32H,3,5-6H2,1-2H3/t10-,11+,17+,18-/m0/s1. The average Bonchev–Trinajstić information content (AvgIpc) is 3.09. The van der Waals surface area contributed by atoms with E-state index in [1.807, 2.05) is 6.08 Å². The monoisotopic (exact) mass is 667 g/mol. The number of nitrogens with zero attached hydrogens (tertiary/aromatic N) is 1. The van der Waals surface area contributed by atoms with Gasteiger partial charge < -0.3 is 9.84 Å². The third-order valence-electron chi connectivity index (χ3n) is 7.44. The lowest BCUT2D eigenvalue weighted by Gasteiger charge is -2.42. The van der Waals surface area contributed by atoms with Gasteiger partial charge in [-0.3, -0.25) is 24.1 Å². The molecular weight excluding hydrogens is 650 g/mol. The largest absolute Gasteiger partial charge is 0.503 e. The summed E-state index contributed by atoms with van der Waals surface area (Å²) < 4.78 is 6.40. The summed E-state index contributed by atoms with van der Waals surface area (Å²) >= 11 is 10.2. The van der Waals surface area contributed by atoms with Crippen molar-refractivity contribution in [3.63, 3.8) is 0 Å². The number of carbonyl (C=O) groups excluding carboxylic acids is 4. The Morgan fingerprint density at radius 1 is 1.09 bits per heavy atom. The van der Waals surface area contributed by atoms with Crippen LogP contribution in [0.15, 0.2) is 48.4 Å². The fraction of sp³-hybridized carbons (Fsp3) is 0.360. The number of carbonyl (C=O) groups is 4. The van der Waals surface area contributed by atoms with Crippen LogP contribution in [0.2, 0.25) is 0 Å². The van der Waals surface area contributed by atoms with Gasteiger partial charge in [0, 0.05) is 34.2 Å². The molecule has 182 valence electrons. The zero-order valence-electron chi connectivity index (χ0n) is 18.7. The molecule has 1 aliphatic heterocycles. The molecule has 2 amide bonds. The maximum atomic E-state index is 13.3. The molecular formula is C25H20Br3NO6. The van der Waals surface area contributed by atoms with Crippen LogP contribution >= 0.6 is 47.8 Å². The molecule has 1 heterocycles. The summed E-state index contributed by atoms with van der Waals surface area (Å²) in [6, 6.07) is 1.64. The second-order valence-corrected chi connectivity index (χ2v) is 11.4. The molecule has 1 fully saturated rings. The molecule has 4 atom stereocenters. The fourth-order valence-electron chi connectivity index (χ4n) is 5.92. The third kappa shape index (κ3) is 3.47. The highest BCUT2D eigenvalue weighted by molar-refractivity contribution is 9.13. The molecule has 1 N–H and O–H groups in total. The molecule has 0 unspecified atom stereocenters. The third-order valence-corrected chi connectivity index (χ3v) is 10.2. The Morgan fingerprint density at radius 2 is 1.80 bits per heavy atom. The molecule has 0 aromatic heterocycles. The maximum Gasteiger partial charge on any atom is 0.233 e. The molecule has 5 rings (SSSR count). The van der Waals surface area contributed by atoms with E-state index in [1.165, 1.54) is 18.1 Å². The highest BCUT2D eigenvalue weighted by atomic mass is 79.9. The Hall–Kier alpha value is -2.04. The Labute approximate surface area is 226 Å². The van der Waals surface area contributed by atoms with Gasteiger partial charge in [-0.1, -0.05) is 11.6 Å². The maximum absolute atomic E-state index is 13.3. The summed E-state index contributed by atoms with van der Waals surface area (Å²) in [5, 5.41) is 10.5. The van der Waals surface area contributed by atoms with Crippen molar-refractivity contribution in [1.82, 2.24) is 4.90 Å². The van der Waals surface area contributed by atoms with Crippen molar-refractivity contribution in [2.75, 3.05) is 13.7 Å². The van der Waals surface area contributed by atoms with E-state index in [4.69, 9.17) is 4.74 Å². The predicted molar refractivity (Wildman–Crippen MR) is 137 cm³/mol. The number of ketones is 2. The number of phenolic OH excluding ortho intramolecular Hbond substituents is 1. The van der Waals surface area contributed by atoms with E-state index in [9.17, 15) is 24.3 Å². The molecule has 1 saturated heterocycles. The van der Waals surface area contributed by atoms with Gasteiger partial charge in [-0.15, -0.1) is 0 Å². The second kappa shape index (κ2) is 8.81. The number of hydrogen-bond acceptors (Lipinski definition) is 6. The predicted octanol–water partition coefficient (Wildman–Crippen LogP) is 4.71. The van der Waals surface area contributed by atoms with Crippen LogP contribution in [0.25, 0.3) is 0 Å². The first-order valence-corrected chi connectivity index (χ1v) is 13.5. The Morgan fingerprint density at radius 3 is 2.46 bits per heavy atom. The van der Waals surface area contributed by atoms with Gasteiger partial charge in [-0.25, -0.2) is 0 Å². The van der Waals surface area contributed by atoms with Gasteiger partial charge in [-0.05, 0) is 85.1 Å². The number of allylic oxidation sites excluding steroid dienone is 6. The van der Waals surface area contributed by atoms with Crippen LogP contribution in [-0.2, 0) is 19.2 Å². The van der Waals surface area contributed by atoms with Crippen molar-refractivity contribution < 1.29 is 29.0 Å². The quantitative estimate of drug-likeness (QED) is 0.285. The summed E-state index contributed by atoms with van der Waals surface area (Å²) in [4.78, 5) is 54.2. The highest BCUT2D eigenvalue weighted by Gasteiger charge is 2.56. The minimum absolute atomic E-state index is 0.105. The molecule has 0 radical (unpaired) electrons. The van der Waals surface area contributed by atoms with Crippen LogP contribution in [0.5, 0.6) is 11.5 Å². The van der Waals surface area contributed by atoms with E-state index < -0.39 is 23.7 Å². The van der Waals surface area contributed by atoms with Gasteiger partial charge in [0.1, 0.15) is 0 Å². The van der Waals surface area contributed by atoms with Crippen LogP contribution in [-0.4, -0.2) is 47.0 Å². The van der Waals surface area contributed by atoms with Gasteiger partial charge in [0.25, 0.3) is 0 Å². The van der Waals surface area contributed by atoms with E-state index in [0.29, 0.717) is 38.6 Å². The van der Waals surface area contributed by atoms with Gasteiger partial charge in [0.2, 0.25) is 11.8 Å². The molecule has 10 heteroatoms. The number of hydrogen-bond donors (Lipinski definition) is 1. The second-order valence-electron chi connectivity index (χ2n) is 8.96. The van der Waals surface area contributed by atoms with E-state index in [0.717, 1.165) is 5.57 Å². The van der Waals surface area contributed by atoms with E-state index in [2.05, 4.69) is 47.8 Å². The number of halogens is 3. The Bertz CT molecular complexity index is 1330. The van der Waals surface area contributed by atoms with Gasteiger partial charge in [0.05, 0.1) is 27.9 Å². The van der Waals surface area contributed by atoms with Crippen LogP contribution in [0.1, 0.15) is 31.2 Å². The highest BCUT2D eigenvalue weighted by Crippen LogP contribution is 2.57. The van der Waals surface area contributed by atoms with Crippen LogP contribution in [0.4, 0.5) is 0 Å². The minimum atomic E-state index is -0.656. The molecule has 7 nitrogen and oxygen atoms in total. The normalized spacial score (nSPS) is 28.0. The van der Waals surface area contributed by atoms with E-state index in [1.54, 1.807) is 13.0 Å². The zero-order chi connectivity index (χ0) is 25.3. The summed E-state index contributed by atoms with van der Waals surface area (Å²) in [7, 11) is 1.43. The van der Waals surface area contributed by atoms with Crippen molar-refractivity contribution in [2.24, 2.45) is 17.8 Å². The molecule has 0 bridgehead atoms. The number of rotatable bonds is 3. The van der Waals surface area contributed by atoms with Crippen molar-refractivity contribution in [3.8, 4) is 11.5 Å². The first kappa shape index (κ1) is 24.6. The summed E-state index contributed by atoms with van der Waals surface area (Å²) in [5.74, 6) is -3.04. The molecule has 1 aromatic carbocycles. The van der Waals surface area contributed by atoms with Crippen molar-refractivity contribution >= 4 is 71.2 Å². The number of imide groups is 1. The average molecular weight is 670 g/mol. The smallest absolute Gasteiger partial charge is 0.233 e. The number of likely N-dealkylation sites (tertiary alicyclic amines) is 1. The number of methoxy groups -OCH3 is 1. The van der Waals surface area contributed by atoms with Crippen molar-refractivity contribution in [2.45, 2.75) is 25.7 Å². The Kier molecular flexibility index (Phi) is 6.21. The first-order chi connectivity index (χ1) is 16.6. The van der Waals surface area contributed by atoms with E-state index in [-0.39, 0.29) is 45.8 Å². The van der Waals surface area contributed by atoms with Gasteiger partial charge >= 0.3 is 0 Å². The minimum Gasteiger partial charge on any atom is -0.503 e. The summed E-state index contributed by atoms with van der Waals surface area (Å²) in [6.07, 6.45) is 3.82. The zero-order valence-corrected chi connectivity index (χ0v) is 23.5. The van der Waals surface area contributed by atoms with Crippen LogP contribution in [0, 0.1) is 17.8 Å². The number of amides is 2. The summed E-state index contributed by atoms with van der Waals surface area (Å²) in [6.45, 7) is 2.07. The lowest BCUT2D eigenvalue weighted by molar-refractivity contribution is -0.139.